The van der Waals surface area contributed by atoms with Crippen LogP contribution in [0.5, 0.6) is 0 Å². The van der Waals surface area contributed by atoms with Crippen LogP contribution in [0.1, 0.15) is 53.4 Å². The highest BCUT2D eigenvalue weighted by molar-refractivity contribution is 5.85. The Morgan fingerprint density at radius 1 is 1.42 bits per heavy atom. The summed E-state index contributed by atoms with van der Waals surface area (Å²) in [5, 5.41) is 0. The molecule has 1 saturated carbocycles. The molecule has 19 heavy (non-hydrogen) atoms. The minimum Gasteiger partial charge on any atom is -0.342 e. The van der Waals surface area contributed by atoms with Crippen LogP contribution in [0.15, 0.2) is 0 Å². The Bertz CT molecular complexity index is 294. The van der Waals surface area contributed by atoms with Crippen LogP contribution in [-0.2, 0) is 4.79 Å². The molecule has 3 atom stereocenters. The van der Waals surface area contributed by atoms with Crippen molar-refractivity contribution in [2.45, 2.75) is 59.4 Å². The fourth-order valence-electron chi connectivity index (χ4n) is 3.49. The lowest BCUT2D eigenvalue weighted by molar-refractivity contribution is -0.133. The molecule has 1 fully saturated rings. The van der Waals surface area contributed by atoms with Crippen LogP contribution in [0.3, 0.4) is 0 Å². The molecule has 1 aliphatic rings. The molecular weight excluding hydrogens is 260 g/mol. The summed E-state index contributed by atoms with van der Waals surface area (Å²) in [6.45, 7) is 9.50. The van der Waals surface area contributed by atoms with E-state index in [2.05, 4.69) is 20.8 Å². The largest absolute Gasteiger partial charge is 0.342 e. The normalized spacial score (nSPS) is 27.3. The molecule has 1 rings (SSSR count). The third-order valence-corrected chi connectivity index (χ3v) is 4.34. The maximum atomic E-state index is 12.2. The van der Waals surface area contributed by atoms with Gasteiger partial charge in [0.25, 0.3) is 0 Å². The highest BCUT2D eigenvalue weighted by Crippen LogP contribution is 2.42. The van der Waals surface area contributed by atoms with E-state index in [0.29, 0.717) is 24.3 Å². The van der Waals surface area contributed by atoms with Crippen molar-refractivity contribution in [1.82, 2.24) is 4.90 Å². The van der Waals surface area contributed by atoms with Gasteiger partial charge < -0.3 is 10.6 Å². The SMILES string of the molecule is CC1CC(CC(=O)N(C)C(C)CN)CC(C)(C)C1.Cl. The molecule has 0 heterocycles. The van der Waals surface area contributed by atoms with Gasteiger partial charge in [-0.2, -0.15) is 0 Å². The first-order valence-corrected chi connectivity index (χ1v) is 7.21. The molecule has 0 spiro atoms. The number of likely N-dealkylation sites (N-methyl/N-ethyl adjacent to an activating group) is 1. The Kier molecular flexibility index (Phi) is 7.38. The first-order chi connectivity index (χ1) is 8.25. The van der Waals surface area contributed by atoms with E-state index >= 15 is 0 Å². The van der Waals surface area contributed by atoms with Crippen molar-refractivity contribution in [3.8, 4) is 0 Å². The number of amides is 1. The van der Waals surface area contributed by atoms with Crippen LogP contribution >= 0.6 is 12.4 Å². The number of carbonyl (C=O) groups excluding carboxylic acids is 1. The second kappa shape index (κ2) is 7.49. The van der Waals surface area contributed by atoms with Gasteiger partial charge in [-0.15, -0.1) is 12.4 Å². The summed E-state index contributed by atoms with van der Waals surface area (Å²) in [6.07, 6.45) is 4.34. The number of nitrogens with two attached hydrogens (primary N) is 1. The monoisotopic (exact) mass is 290 g/mol. The van der Waals surface area contributed by atoms with E-state index in [9.17, 15) is 4.79 Å². The summed E-state index contributed by atoms with van der Waals surface area (Å²) >= 11 is 0. The van der Waals surface area contributed by atoms with E-state index in [0.717, 1.165) is 5.92 Å². The summed E-state index contributed by atoms with van der Waals surface area (Å²) in [6, 6.07) is 0.145. The molecule has 0 aromatic carbocycles. The van der Waals surface area contributed by atoms with E-state index in [1.54, 1.807) is 0 Å². The molecule has 2 N–H and O–H groups in total. The lowest BCUT2D eigenvalue weighted by Gasteiger charge is -2.39. The molecule has 0 aliphatic heterocycles. The van der Waals surface area contributed by atoms with Gasteiger partial charge in [-0.25, -0.2) is 0 Å². The zero-order chi connectivity index (χ0) is 13.9. The molecule has 0 bridgehead atoms. The molecule has 3 nitrogen and oxygen atoms in total. The molecule has 114 valence electrons. The summed E-state index contributed by atoms with van der Waals surface area (Å²) in [7, 11) is 1.87. The maximum absolute atomic E-state index is 12.2. The Morgan fingerprint density at radius 2 is 2.00 bits per heavy atom. The van der Waals surface area contributed by atoms with Crippen LogP contribution in [-0.4, -0.2) is 30.4 Å². The van der Waals surface area contributed by atoms with Crippen molar-refractivity contribution in [2.75, 3.05) is 13.6 Å². The van der Waals surface area contributed by atoms with Gasteiger partial charge in [-0.3, -0.25) is 4.79 Å². The highest BCUT2D eigenvalue weighted by Gasteiger charge is 2.33. The van der Waals surface area contributed by atoms with Crippen molar-refractivity contribution in [3.05, 3.63) is 0 Å². The lowest BCUT2D eigenvalue weighted by Crippen LogP contribution is -2.41. The van der Waals surface area contributed by atoms with Crippen LogP contribution < -0.4 is 5.73 Å². The second-order valence-electron chi connectivity index (χ2n) is 7.07. The van der Waals surface area contributed by atoms with Gasteiger partial charge in [0, 0.05) is 26.1 Å². The van der Waals surface area contributed by atoms with Gasteiger partial charge in [0.15, 0.2) is 0 Å². The van der Waals surface area contributed by atoms with Crippen LogP contribution in [0, 0.1) is 17.3 Å². The molecule has 0 saturated heterocycles. The van der Waals surface area contributed by atoms with E-state index in [1.165, 1.54) is 19.3 Å². The lowest BCUT2D eigenvalue weighted by atomic mass is 9.67. The molecule has 1 aliphatic carbocycles. The number of rotatable bonds is 4. The third-order valence-electron chi connectivity index (χ3n) is 4.34. The summed E-state index contributed by atoms with van der Waals surface area (Å²) in [5.41, 5.74) is 6.00. The minimum absolute atomic E-state index is 0. The predicted molar refractivity (Wildman–Crippen MR) is 83.4 cm³/mol. The number of hydrogen-bond acceptors (Lipinski definition) is 2. The smallest absolute Gasteiger partial charge is 0.222 e. The van der Waals surface area contributed by atoms with Crippen LogP contribution in [0.2, 0.25) is 0 Å². The second-order valence-corrected chi connectivity index (χ2v) is 7.07. The zero-order valence-electron chi connectivity index (χ0n) is 13.1. The van der Waals surface area contributed by atoms with E-state index in [-0.39, 0.29) is 24.4 Å². The van der Waals surface area contributed by atoms with Gasteiger partial charge in [0.1, 0.15) is 0 Å². The molecule has 0 radical (unpaired) electrons. The van der Waals surface area contributed by atoms with Crippen LogP contribution in [0.4, 0.5) is 0 Å². The van der Waals surface area contributed by atoms with Gasteiger partial charge in [0.05, 0.1) is 0 Å². The van der Waals surface area contributed by atoms with Gasteiger partial charge >= 0.3 is 0 Å². The van der Waals surface area contributed by atoms with Crippen molar-refractivity contribution in [2.24, 2.45) is 23.0 Å². The maximum Gasteiger partial charge on any atom is 0.222 e. The fourth-order valence-corrected chi connectivity index (χ4v) is 3.49. The number of hydrogen-bond donors (Lipinski definition) is 1. The average Bonchev–Trinajstić information content (AvgIpc) is 2.23. The minimum atomic E-state index is 0. The first kappa shape index (κ1) is 18.7. The average molecular weight is 291 g/mol. The Labute approximate surface area is 124 Å². The molecule has 1 amide bonds. The summed E-state index contributed by atoms with van der Waals surface area (Å²) in [4.78, 5) is 14.0. The number of halogens is 1. The van der Waals surface area contributed by atoms with E-state index in [1.807, 2.05) is 18.9 Å². The number of nitrogens with zero attached hydrogens (tertiary/aromatic N) is 1. The predicted octanol–water partition coefficient (Wildman–Crippen LogP) is 3.07. The van der Waals surface area contributed by atoms with Crippen molar-refractivity contribution < 1.29 is 4.79 Å². The Morgan fingerprint density at radius 3 is 2.47 bits per heavy atom. The standard InChI is InChI=1S/C15H30N2O.ClH/c1-11-6-13(9-15(3,4)8-11)7-14(18)17(5)12(2)10-16;/h11-13H,6-10,16H2,1-5H3;1H. The first-order valence-electron chi connectivity index (χ1n) is 7.21. The van der Waals surface area contributed by atoms with Crippen molar-refractivity contribution in [3.63, 3.8) is 0 Å². The van der Waals surface area contributed by atoms with E-state index < -0.39 is 0 Å². The fraction of sp³-hybridized carbons (Fsp3) is 0.933. The molecular formula is C15H31ClN2O. The van der Waals surface area contributed by atoms with Crippen LogP contribution in [0.25, 0.3) is 0 Å². The molecule has 3 unspecified atom stereocenters. The Hall–Kier alpha value is -0.280. The molecule has 0 aromatic rings. The van der Waals surface area contributed by atoms with Gasteiger partial charge in [-0.05, 0) is 43.4 Å². The number of carbonyl (C=O) groups is 1. The third kappa shape index (κ3) is 5.70. The van der Waals surface area contributed by atoms with Gasteiger partial charge in [-0.1, -0.05) is 20.8 Å². The molecule has 4 heteroatoms. The van der Waals surface area contributed by atoms with Crippen molar-refractivity contribution in [1.29, 1.82) is 0 Å². The van der Waals surface area contributed by atoms with Gasteiger partial charge in [0.2, 0.25) is 5.91 Å². The topological polar surface area (TPSA) is 46.3 Å². The highest BCUT2D eigenvalue weighted by atomic mass is 35.5. The zero-order valence-corrected chi connectivity index (χ0v) is 13.9. The quantitative estimate of drug-likeness (QED) is 0.865. The summed E-state index contributed by atoms with van der Waals surface area (Å²) < 4.78 is 0. The molecule has 0 aromatic heterocycles. The Balaban J connectivity index is 0.00000324. The summed E-state index contributed by atoms with van der Waals surface area (Å²) in [5.74, 6) is 1.54. The van der Waals surface area contributed by atoms with E-state index in [4.69, 9.17) is 5.73 Å². The van der Waals surface area contributed by atoms with Crippen molar-refractivity contribution >= 4 is 18.3 Å².